The van der Waals surface area contributed by atoms with Crippen LogP contribution in [0.2, 0.25) is 0 Å². The van der Waals surface area contributed by atoms with Crippen LogP contribution in [0.5, 0.6) is 5.75 Å². The van der Waals surface area contributed by atoms with Crippen molar-refractivity contribution in [2.75, 3.05) is 40.1 Å². The van der Waals surface area contributed by atoms with Crippen LogP contribution in [-0.4, -0.2) is 65.3 Å². The van der Waals surface area contributed by atoms with Gasteiger partial charge in [0.15, 0.2) is 6.04 Å². The maximum Gasteiger partial charge on any atom is 0.333 e. The van der Waals surface area contributed by atoms with Crippen LogP contribution in [0.25, 0.3) is 0 Å². The van der Waals surface area contributed by atoms with Gasteiger partial charge in [0.25, 0.3) is 16.0 Å². The summed E-state index contributed by atoms with van der Waals surface area (Å²) in [7, 11) is -2.51. The summed E-state index contributed by atoms with van der Waals surface area (Å²) in [6.07, 6.45) is 0. The van der Waals surface area contributed by atoms with E-state index >= 15 is 0 Å². The van der Waals surface area contributed by atoms with E-state index in [-0.39, 0.29) is 63.3 Å². The average molecular weight is 702 g/mol. The summed E-state index contributed by atoms with van der Waals surface area (Å²) in [4.78, 5) is 28.4. The first-order valence-corrected chi connectivity index (χ1v) is 17.4. The zero-order valence-electron chi connectivity index (χ0n) is 27.4. The molecule has 0 aliphatic carbocycles. The lowest BCUT2D eigenvalue weighted by atomic mass is 10.0. The second kappa shape index (κ2) is 17.6. The number of esters is 1. The molecule has 0 spiro atoms. The van der Waals surface area contributed by atoms with Gasteiger partial charge in [-0.1, -0.05) is 84.6 Å². The molecule has 1 atom stereocenters. The van der Waals surface area contributed by atoms with Crippen LogP contribution in [0.4, 0.5) is 4.39 Å². The number of hydrogen-bond donors (Lipinski definition) is 0. The molecule has 12 heteroatoms. The Kier molecular flexibility index (Phi) is 12.7. The van der Waals surface area contributed by atoms with Gasteiger partial charge in [0.1, 0.15) is 30.5 Å². The molecule has 4 aromatic carbocycles. The van der Waals surface area contributed by atoms with Gasteiger partial charge in [-0.3, -0.25) is 8.98 Å². The molecule has 1 unspecified atom stereocenters. The number of fused-ring (bicyclic) bond motifs is 1. The average Bonchev–Trinajstić information content (AvgIpc) is 3.45. The number of ether oxygens (including phenoxy) is 4. The first-order valence-electron chi connectivity index (χ1n) is 15.8. The number of amides is 1. The Morgan fingerprint density at radius 2 is 1.58 bits per heavy atom. The molecular formula is C38H36FNO9S. The fraction of sp³-hybridized carbons (Fsp3) is 0.263. The molecule has 50 heavy (non-hydrogen) atoms. The topological polar surface area (TPSA) is 118 Å². The van der Waals surface area contributed by atoms with Crippen molar-refractivity contribution >= 4 is 22.0 Å². The summed E-state index contributed by atoms with van der Waals surface area (Å²) in [6.45, 7) is 0.645. The zero-order valence-corrected chi connectivity index (χ0v) is 28.2. The fourth-order valence-corrected chi connectivity index (χ4v) is 6.35. The first kappa shape index (κ1) is 36.2. The summed E-state index contributed by atoms with van der Waals surface area (Å²) < 4.78 is 65.7. The van der Waals surface area contributed by atoms with Crippen LogP contribution >= 0.6 is 0 Å². The van der Waals surface area contributed by atoms with Crippen LogP contribution in [0.15, 0.2) is 97.1 Å². The molecule has 0 fully saturated rings. The van der Waals surface area contributed by atoms with Gasteiger partial charge < -0.3 is 23.8 Å². The fourth-order valence-electron chi connectivity index (χ4n) is 5.34. The van der Waals surface area contributed by atoms with Gasteiger partial charge in [0.05, 0.1) is 39.1 Å². The summed E-state index contributed by atoms with van der Waals surface area (Å²) >= 11 is 0. The summed E-state index contributed by atoms with van der Waals surface area (Å²) in [5.74, 6) is 4.10. The van der Waals surface area contributed by atoms with Gasteiger partial charge in [-0.25, -0.2) is 9.18 Å². The Labute approximate surface area is 290 Å². The van der Waals surface area contributed by atoms with Crippen LogP contribution in [0.1, 0.15) is 44.2 Å². The number of rotatable bonds is 16. The highest BCUT2D eigenvalue weighted by molar-refractivity contribution is 7.85. The van der Waals surface area contributed by atoms with Crippen molar-refractivity contribution < 1.29 is 45.5 Å². The van der Waals surface area contributed by atoms with E-state index in [2.05, 4.69) is 11.8 Å². The van der Waals surface area contributed by atoms with E-state index in [0.717, 1.165) is 5.56 Å². The minimum atomic E-state index is -3.72. The zero-order chi connectivity index (χ0) is 35.3. The molecule has 10 nitrogen and oxygen atoms in total. The molecule has 0 bridgehead atoms. The van der Waals surface area contributed by atoms with Gasteiger partial charge in [-0.2, -0.15) is 8.42 Å². The molecule has 1 heterocycles. The number of methoxy groups -OCH3 is 1. The van der Waals surface area contributed by atoms with E-state index < -0.39 is 33.9 Å². The van der Waals surface area contributed by atoms with Gasteiger partial charge >= 0.3 is 5.97 Å². The van der Waals surface area contributed by atoms with Crippen molar-refractivity contribution in [1.29, 1.82) is 0 Å². The Hall–Kier alpha value is -5.06. The summed E-state index contributed by atoms with van der Waals surface area (Å²) in [6, 6.07) is 25.9. The van der Waals surface area contributed by atoms with Crippen LogP contribution < -0.4 is 4.74 Å². The van der Waals surface area contributed by atoms with Crippen molar-refractivity contribution in [2.45, 2.75) is 24.9 Å². The van der Waals surface area contributed by atoms with Gasteiger partial charge in [0.2, 0.25) is 0 Å². The molecule has 5 rings (SSSR count). The Morgan fingerprint density at radius 3 is 2.32 bits per heavy atom. The Balaban J connectivity index is 1.16. The second-order valence-corrected chi connectivity index (χ2v) is 12.8. The molecular weight excluding hydrogens is 665 g/mol. The third kappa shape index (κ3) is 9.77. The second-order valence-electron chi connectivity index (χ2n) is 11.1. The van der Waals surface area contributed by atoms with Crippen LogP contribution in [0, 0.1) is 17.7 Å². The summed E-state index contributed by atoms with van der Waals surface area (Å²) in [5.41, 5.74) is 3.12. The van der Waals surface area contributed by atoms with Crippen molar-refractivity contribution in [2.24, 2.45) is 0 Å². The predicted octanol–water partition coefficient (Wildman–Crippen LogP) is 5.21. The van der Waals surface area contributed by atoms with Crippen molar-refractivity contribution in [1.82, 2.24) is 4.90 Å². The normalized spacial score (nSPS) is 12.9. The highest BCUT2D eigenvalue weighted by atomic mass is 32.2. The quantitative estimate of drug-likeness (QED) is 0.0672. The standard InChI is InChI=1S/C38H36FNO9S/c1-45-38(42)36(33-24-32(39)17-18-34(33)48-26-28-10-4-2-5-11-28)40-25-31-15-8-14-30(35(31)37(40)41)16-9-19-46-20-21-47-22-23-49-50(43,44)27-29-12-6-3-7-13-29/h2-8,10-15,17-18,24,36H,19-23,25-27H2,1H3. The van der Waals surface area contributed by atoms with Crippen LogP contribution in [-0.2, 0) is 52.2 Å². The molecule has 0 saturated heterocycles. The molecule has 1 aliphatic rings. The van der Waals surface area contributed by atoms with Gasteiger partial charge in [-0.05, 0) is 41.0 Å². The van der Waals surface area contributed by atoms with Crippen molar-refractivity contribution in [3.05, 3.63) is 136 Å². The number of hydrogen-bond acceptors (Lipinski definition) is 9. The lowest BCUT2D eigenvalue weighted by Gasteiger charge is -2.27. The van der Waals surface area contributed by atoms with Gasteiger partial charge in [0, 0.05) is 17.7 Å². The van der Waals surface area contributed by atoms with E-state index in [1.54, 1.807) is 48.5 Å². The molecule has 0 aromatic heterocycles. The first-order chi connectivity index (χ1) is 24.3. The lowest BCUT2D eigenvalue weighted by Crippen LogP contribution is -2.35. The Morgan fingerprint density at radius 1 is 0.880 bits per heavy atom. The van der Waals surface area contributed by atoms with E-state index in [0.29, 0.717) is 22.3 Å². The lowest BCUT2D eigenvalue weighted by molar-refractivity contribution is -0.146. The molecule has 1 amide bonds. The molecule has 0 saturated carbocycles. The molecule has 0 radical (unpaired) electrons. The molecule has 0 N–H and O–H groups in total. The monoisotopic (exact) mass is 701 g/mol. The number of nitrogens with zero attached hydrogens (tertiary/aromatic N) is 1. The molecule has 1 aliphatic heterocycles. The largest absolute Gasteiger partial charge is 0.489 e. The number of benzene rings is 4. The van der Waals surface area contributed by atoms with E-state index in [1.807, 2.05) is 30.3 Å². The van der Waals surface area contributed by atoms with E-state index in [9.17, 15) is 22.4 Å². The minimum Gasteiger partial charge on any atom is -0.489 e. The maximum absolute atomic E-state index is 14.6. The third-order valence-electron chi connectivity index (χ3n) is 7.65. The molecule has 260 valence electrons. The highest BCUT2D eigenvalue weighted by Crippen LogP contribution is 2.38. The summed E-state index contributed by atoms with van der Waals surface area (Å²) in [5, 5.41) is 0. The smallest absolute Gasteiger partial charge is 0.333 e. The number of carbonyl (C=O) groups is 2. The van der Waals surface area contributed by atoms with Crippen molar-refractivity contribution in [3.8, 4) is 17.6 Å². The number of carbonyl (C=O) groups excluding carboxylic acids is 2. The predicted molar refractivity (Wildman–Crippen MR) is 182 cm³/mol. The van der Waals surface area contributed by atoms with Crippen LogP contribution in [0.3, 0.4) is 0 Å². The SMILES string of the molecule is COC(=O)C(c1cc(F)ccc1OCc1ccccc1)N1Cc2cccc(C#CCOCCOCCOS(=O)(=O)Cc3ccccc3)c2C1=O. The third-order valence-corrected chi connectivity index (χ3v) is 8.86. The van der Waals surface area contributed by atoms with Crippen molar-refractivity contribution in [3.63, 3.8) is 0 Å². The highest BCUT2D eigenvalue weighted by Gasteiger charge is 2.40. The molecule has 4 aromatic rings. The van der Waals surface area contributed by atoms with E-state index in [1.165, 1.54) is 30.2 Å². The Bertz CT molecular complexity index is 1940. The van der Waals surface area contributed by atoms with Gasteiger partial charge in [-0.15, -0.1) is 0 Å². The van der Waals surface area contributed by atoms with E-state index in [4.69, 9.17) is 23.1 Å². The number of halogens is 1. The minimum absolute atomic E-state index is 0.0447. The maximum atomic E-state index is 14.6.